The molecule has 0 saturated heterocycles. The normalized spacial score (nSPS) is 15.0. The molecule has 0 aromatic carbocycles. The lowest BCUT2D eigenvalue weighted by atomic mass is 10.1. The first-order valence-electron chi connectivity index (χ1n) is 7.31. The topological polar surface area (TPSA) is 50.6 Å². The third-order valence-corrected chi connectivity index (χ3v) is 4.51. The fourth-order valence-electron chi connectivity index (χ4n) is 2.29. The summed E-state index contributed by atoms with van der Waals surface area (Å²) in [4.78, 5) is 4.22. The third-order valence-electron chi connectivity index (χ3n) is 3.67. The Bertz CT molecular complexity index is 572. The molecule has 0 amide bonds. The Hall–Kier alpha value is -0.440. The Balaban J connectivity index is 0.00000264. The van der Waals surface area contributed by atoms with Crippen molar-refractivity contribution >= 4 is 53.1 Å². The second kappa shape index (κ2) is 10.4. The van der Waals surface area contributed by atoms with E-state index in [4.69, 9.17) is 27.9 Å². The van der Waals surface area contributed by atoms with Crippen LogP contribution >= 0.6 is 47.2 Å². The first-order chi connectivity index (χ1) is 10.6. The summed E-state index contributed by atoms with van der Waals surface area (Å²) in [6.45, 7) is 3.02. The van der Waals surface area contributed by atoms with Crippen LogP contribution in [0.1, 0.15) is 18.5 Å². The van der Waals surface area contributed by atoms with Crippen molar-refractivity contribution in [3.63, 3.8) is 0 Å². The molecule has 0 aliphatic carbocycles. The maximum absolute atomic E-state index is 6.06. The zero-order valence-electron chi connectivity index (χ0n) is 13.4. The molecule has 0 radical (unpaired) electrons. The summed E-state index contributed by atoms with van der Waals surface area (Å²) >= 11 is 12.1. The molecule has 0 saturated carbocycles. The highest BCUT2D eigenvalue weighted by molar-refractivity contribution is 14.0. The molecular weight excluding hydrogens is 450 g/mol. The maximum Gasteiger partial charge on any atom is 0.191 e. The Morgan fingerprint density at radius 2 is 2.17 bits per heavy atom. The molecule has 0 fully saturated rings. The van der Waals surface area contributed by atoms with Gasteiger partial charge in [0.05, 0.1) is 24.8 Å². The molecule has 2 N–H and O–H groups in total. The number of ether oxygens (including phenoxy) is 1. The average Bonchev–Trinajstić information content (AvgIpc) is 2.79. The van der Waals surface area contributed by atoms with Crippen LogP contribution in [0.2, 0.25) is 10.2 Å². The van der Waals surface area contributed by atoms with Crippen LogP contribution in [-0.2, 0) is 18.3 Å². The van der Waals surface area contributed by atoms with Crippen LogP contribution in [0.25, 0.3) is 0 Å². The van der Waals surface area contributed by atoms with Crippen molar-refractivity contribution in [3.05, 3.63) is 33.6 Å². The number of hydrogen-bond acceptors (Lipinski definition) is 2. The molecule has 1 aromatic rings. The molecule has 1 aliphatic heterocycles. The average molecular weight is 473 g/mol. The second-order valence-corrected chi connectivity index (χ2v) is 5.89. The molecule has 1 aromatic heterocycles. The molecule has 0 spiro atoms. The smallest absolute Gasteiger partial charge is 0.191 e. The number of rotatable bonds is 5. The number of hydrogen-bond donors (Lipinski definition) is 2. The van der Waals surface area contributed by atoms with E-state index in [1.807, 2.05) is 17.7 Å². The molecule has 5 nitrogen and oxygen atoms in total. The highest BCUT2D eigenvalue weighted by Crippen LogP contribution is 2.24. The van der Waals surface area contributed by atoms with Gasteiger partial charge in [0, 0.05) is 26.3 Å². The Labute approximate surface area is 164 Å². The summed E-state index contributed by atoms with van der Waals surface area (Å²) in [6, 6.07) is 1.86. The molecule has 0 atom stereocenters. The van der Waals surface area contributed by atoms with Crippen molar-refractivity contribution in [1.29, 1.82) is 0 Å². The van der Waals surface area contributed by atoms with E-state index >= 15 is 0 Å². The Morgan fingerprint density at radius 1 is 1.39 bits per heavy atom. The van der Waals surface area contributed by atoms with Crippen molar-refractivity contribution in [1.82, 2.24) is 15.2 Å². The van der Waals surface area contributed by atoms with Crippen LogP contribution < -0.4 is 10.6 Å². The van der Waals surface area contributed by atoms with E-state index in [0.29, 0.717) is 16.7 Å². The monoisotopic (exact) mass is 472 g/mol. The summed E-state index contributed by atoms with van der Waals surface area (Å²) in [7, 11) is 3.65. The molecule has 130 valence electrons. The van der Waals surface area contributed by atoms with Gasteiger partial charge >= 0.3 is 0 Å². The van der Waals surface area contributed by atoms with E-state index < -0.39 is 0 Å². The highest BCUT2D eigenvalue weighted by Gasteiger charge is 2.09. The van der Waals surface area contributed by atoms with Gasteiger partial charge in [-0.3, -0.25) is 4.99 Å². The van der Waals surface area contributed by atoms with E-state index in [0.717, 1.165) is 44.3 Å². The molecule has 23 heavy (non-hydrogen) atoms. The van der Waals surface area contributed by atoms with E-state index in [1.165, 1.54) is 5.57 Å². The second-order valence-electron chi connectivity index (χ2n) is 5.12. The summed E-state index contributed by atoms with van der Waals surface area (Å²) in [5, 5.41) is 7.69. The lowest BCUT2D eigenvalue weighted by molar-refractivity contribution is 0.153. The van der Waals surface area contributed by atoms with Gasteiger partial charge in [0.15, 0.2) is 5.96 Å². The standard InChI is InChI=1S/C15H22Cl2N4O.HI/c1-18-15(19-6-3-11-4-7-22-8-5-11)20-10-12-9-13(16)14(17)21(12)2;/h4,9H,3,5-8,10H2,1-2H3,(H2,18,19,20);1H. The minimum Gasteiger partial charge on any atom is -0.377 e. The van der Waals surface area contributed by atoms with Gasteiger partial charge in [-0.05, 0) is 18.9 Å². The van der Waals surface area contributed by atoms with Gasteiger partial charge in [-0.2, -0.15) is 0 Å². The number of halogens is 3. The summed E-state index contributed by atoms with van der Waals surface area (Å²) in [5.74, 6) is 0.765. The van der Waals surface area contributed by atoms with E-state index in [1.54, 1.807) is 7.05 Å². The zero-order valence-corrected chi connectivity index (χ0v) is 17.2. The predicted molar refractivity (Wildman–Crippen MR) is 107 cm³/mol. The molecule has 0 bridgehead atoms. The molecule has 1 aliphatic rings. The summed E-state index contributed by atoms with van der Waals surface area (Å²) in [5.41, 5.74) is 2.44. The van der Waals surface area contributed by atoms with Crippen LogP contribution in [0.15, 0.2) is 22.7 Å². The predicted octanol–water partition coefficient (Wildman–Crippen LogP) is 3.35. The Kier molecular flexibility index (Phi) is 9.34. The van der Waals surface area contributed by atoms with Gasteiger partial charge in [0.1, 0.15) is 5.15 Å². The first kappa shape index (κ1) is 20.6. The SMILES string of the molecule is CN=C(NCCC1=CCOCC1)NCc1cc(Cl)c(Cl)n1C.I. The summed E-state index contributed by atoms with van der Waals surface area (Å²) < 4.78 is 7.16. The zero-order chi connectivity index (χ0) is 15.9. The third kappa shape index (κ3) is 6.17. The van der Waals surface area contributed by atoms with Crippen molar-refractivity contribution in [2.24, 2.45) is 12.0 Å². The number of guanidine groups is 1. The fourth-order valence-corrected chi connectivity index (χ4v) is 2.70. The van der Waals surface area contributed by atoms with E-state index in [2.05, 4.69) is 21.7 Å². The number of aromatic nitrogens is 1. The molecule has 0 unspecified atom stereocenters. The quantitative estimate of drug-likeness (QED) is 0.299. The lowest BCUT2D eigenvalue weighted by Crippen LogP contribution is -2.37. The number of nitrogens with zero attached hydrogens (tertiary/aromatic N) is 2. The maximum atomic E-state index is 6.06. The van der Waals surface area contributed by atoms with Crippen molar-refractivity contribution < 1.29 is 4.74 Å². The Morgan fingerprint density at radius 3 is 2.74 bits per heavy atom. The van der Waals surface area contributed by atoms with Gasteiger partial charge in [0.2, 0.25) is 0 Å². The fraction of sp³-hybridized carbons (Fsp3) is 0.533. The molecular formula is C15H23Cl2IN4O. The molecule has 2 rings (SSSR count). The largest absolute Gasteiger partial charge is 0.377 e. The van der Waals surface area contributed by atoms with Crippen LogP contribution in [0.3, 0.4) is 0 Å². The van der Waals surface area contributed by atoms with Crippen molar-refractivity contribution in [2.75, 3.05) is 26.8 Å². The number of nitrogens with one attached hydrogen (secondary N) is 2. The minimum atomic E-state index is 0. The van der Waals surface area contributed by atoms with Gasteiger partial charge in [-0.25, -0.2) is 0 Å². The van der Waals surface area contributed by atoms with Crippen LogP contribution in [0.4, 0.5) is 0 Å². The highest BCUT2D eigenvalue weighted by atomic mass is 127. The van der Waals surface area contributed by atoms with Gasteiger partial charge in [-0.1, -0.05) is 34.9 Å². The molecule has 2 heterocycles. The molecule has 8 heteroatoms. The van der Waals surface area contributed by atoms with Gasteiger partial charge in [-0.15, -0.1) is 24.0 Å². The minimum absolute atomic E-state index is 0. The van der Waals surface area contributed by atoms with Crippen molar-refractivity contribution in [2.45, 2.75) is 19.4 Å². The van der Waals surface area contributed by atoms with E-state index in [-0.39, 0.29) is 24.0 Å². The van der Waals surface area contributed by atoms with Crippen molar-refractivity contribution in [3.8, 4) is 0 Å². The van der Waals surface area contributed by atoms with Crippen LogP contribution in [0, 0.1) is 0 Å². The van der Waals surface area contributed by atoms with Crippen LogP contribution in [0.5, 0.6) is 0 Å². The lowest BCUT2D eigenvalue weighted by Gasteiger charge is -2.15. The summed E-state index contributed by atoms with van der Waals surface area (Å²) in [6.07, 6.45) is 4.19. The van der Waals surface area contributed by atoms with Gasteiger partial charge in [0.25, 0.3) is 0 Å². The van der Waals surface area contributed by atoms with E-state index in [9.17, 15) is 0 Å². The first-order valence-corrected chi connectivity index (χ1v) is 8.07. The van der Waals surface area contributed by atoms with Crippen LogP contribution in [-0.4, -0.2) is 37.3 Å². The number of aliphatic imine (C=N–C) groups is 1. The van der Waals surface area contributed by atoms with Gasteiger partial charge < -0.3 is 19.9 Å².